The molecule has 2 amide bonds. The summed E-state index contributed by atoms with van der Waals surface area (Å²) in [5.74, 6) is -0.371. The van der Waals surface area contributed by atoms with E-state index in [2.05, 4.69) is 10.6 Å². The summed E-state index contributed by atoms with van der Waals surface area (Å²) in [6.07, 6.45) is 0. The Kier molecular flexibility index (Phi) is 7.87. The molecule has 0 fully saturated rings. The van der Waals surface area contributed by atoms with Crippen LogP contribution in [0.4, 0.5) is 5.69 Å². The lowest BCUT2D eigenvalue weighted by Crippen LogP contribution is -2.46. The maximum atomic E-state index is 12.6. The van der Waals surface area contributed by atoms with Crippen LogP contribution in [0.15, 0.2) is 42.5 Å². The van der Waals surface area contributed by atoms with Crippen LogP contribution in [0.3, 0.4) is 0 Å². The van der Waals surface area contributed by atoms with Gasteiger partial charge in [-0.25, -0.2) is 0 Å². The van der Waals surface area contributed by atoms with Crippen LogP contribution in [0.2, 0.25) is 10.0 Å². The standard InChI is InChI=1S/C21H25Cl2N3O2/c1-13-5-8-17(9-6-13)25-20(27)12-26(4)15(3)21(28)24-14(2)18-10-7-16(22)11-19(18)23/h5-11,14-15H,12H2,1-4H3,(H,24,28)(H,25,27). The van der Waals surface area contributed by atoms with Gasteiger partial charge in [0.1, 0.15) is 0 Å². The van der Waals surface area contributed by atoms with Crippen molar-refractivity contribution in [2.24, 2.45) is 0 Å². The second-order valence-electron chi connectivity index (χ2n) is 6.90. The zero-order valence-electron chi connectivity index (χ0n) is 16.4. The molecule has 0 spiro atoms. The molecule has 0 saturated heterocycles. The summed E-state index contributed by atoms with van der Waals surface area (Å²) in [6.45, 7) is 5.69. The van der Waals surface area contributed by atoms with Crippen LogP contribution in [0, 0.1) is 6.92 Å². The number of likely N-dealkylation sites (N-methyl/N-ethyl adjacent to an activating group) is 1. The molecule has 150 valence electrons. The number of aryl methyl sites for hydroxylation is 1. The molecule has 0 heterocycles. The molecular formula is C21H25Cl2N3O2. The highest BCUT2D eigenvalue weighted by Gasteiger charge is 2.22. The maximum absolute atomic E-state index is 12.6. The van der Waals surface area contributed by atoms with Crippen molar-refractivity contribution in [2.75, 3.05) is 18.9 Å². The first-order valence-corrected chi connectivity index (χ1v) is 9.75. The highest BCUT2D eigenvalue weighted by atomic mass is 35.5. The normalized spacial score (nSPS) is 13.1. The second kappa shape index (κ2) is 9.92. The third-order valence-electron chi connectivity index (χ3n) is 4.56. The van der Waals surface area contributed by atoms with Gasteiger partial charge in [0.05, 0.1) is 18.6 Å². The minimum atomic E-state index is -0.489. The first-order valence-electron chi connectivity index (χ1n) is 8.99. The predicted molar refractivity (Wildman–Crippen MR) is 115 cm³/mol. The topological polar surface area (TPSA) is 61.4 Å². The summed E-state index contributed by atoms with van der Waals surface area (Å²) in [5.41, 5.74) is 2.63. The molecule has 28 heavy (non-hydrogen) atoms. The molecule has 2 rings (SSSR count). The molecule has 0 aliphatic carbocycles. The minimum absolute atomic E-state index is 0.0958. The fourth-order valence-corrected chi connectivity index (χ4v) is 3.24. The van der Waals surface area contributed by atoms with E-state index < -0.39 is 6.04 Å². The van der Waals surface area contributed by atoms with Gasteiger partial charge in [0.15, 0.2) is 0 Å². The summed E-state index contributed by atoms with van der Waals surface area (Å²) in [6, 6.07) is 12.0. The maximum Gasteiger partial charge on any atom is 0.238 e. The van der Waals surface area contributed by atoms with Crippen molar-refractivity contribution in [1.29, 1.82) is 0 Å². The van der Waals surface area contributed by atoms with Crippen LogP contribution < -0.4 is 10.6 Å². The quantitative estimate of drug-likeness (QED) is 0.694. The van der Waals surface area contributed by atoms with Gasteiger partial charge in [0.2, 0.25) is 11.8 Å². The predicted octanol–water partition coefficient (Wildman–Crippen LogP) is 4.44. The number of carbonyl (C=O) groups is 2. The minimum Gasteiger partial charge on any atom is -0.348 e. The zero-order valence-corrected chi connectivity index (χ0v) is 17.9. The molecule has 2 atom stereocenters. The van der Waals surface area contributed by atoms with Crippen LogP contribution in [0.25, 0.3) is 0 Å². The number of amides is 2. The van der Waals surface area contributed by atoms with Crippen LogP contribution in [0.1, 0.15) is 31.0 Å². The Morgan fingerprint density at radius 3 is 2.32 bits per heavy atom. The summed E-state index contributed by atoms with van der Waals surface area (Å²) < 4.78 is 0. The van der Waals surface area contributed by atoms with E-state index in [0.717, 1.165) is 16.8 Å². The summed E-state index contributed by atoms with van der Waals surface area (Å²) >= 11 is 12.1. The molecule has 2 unspecified atom stereocenters. The van der Waals surface area contributed by atoms with E-state index in [4.69, 9.17) is 23.2 Å². The second-order valence-corrected chi connectivity index (χ2v) is 7.75. The summed E-state index contributed by atoms with van der Waals surface area (Å²) in [7, 11) is 1.74. The number of nitrogens with one attached hydrogen (secondary N) is 2. The van der Waals surface area contributed by atoms with Crippen LogP contribution in [0.5, 0.6) is 0 Å². The van der Waals surface area contributed by atoms with Gasteiger partial charge in [-0.15, -0.1) is 0 Å². The van der Waals surface area contributed by atoms with Crippen molar-refractivity contribution < 1.29 is 9.59 Å². The molecule has 0 aliphatic heterocycles. The van der Waals surface area contributed by atoms with E-state index in [-0.39, 0.29) is 24.4 Å². The van der Waals surface area contributed by atoms with Gasteiger partial charge < -0.3 is 10.6 Å². The van der Waals surface area contributed by atoms with Gasteiger partial charge in [-0.05, 0) is 57.6 Å². The molecule has 0 radical (unpaired) electrons. The van der Waals surface area contributed by atoms with Crippen LogP contribution in [-0.4, -0.2) is 36.3 Å². The molecular weight excluding hydrogens is 397 g/mol. The lowest BCUT2D eigenvalue weighted by Gasteiger charge is -2.25. The summed E-state index contributed by atoms with van der Waals surface area (Å²) in [4.78, 5) is 26.5. The molecule has 2 N–H and O–H groups in total. The number of carbonyl (C=O) groups excluding carboxylic acids is 2. The fraction of sp³-hybridized carbons (Fsp3) is 0.333. The largest absolute Gasteiger partial charge is 0.348 e. The number of halogens is 2. The van der Waals surface area contributed by atoms with Gasteiger partial charge in [-0.3, -0.25) is 14.5 Å². The lowest BCUT2D eigenvalue weighted by molar-refractivity contribution is -0.127. The number of hydrogen-bond acceptors (Lipinski definition) is 3. The van der Waals surface area contributed by atoms with E-state index in [0.29, 0.717) is 10.0 Å². The average molecular weight is 422 g/mol. The van der Waals surface area contributed by atoms with E-state index in [1.807, 2.05) is 38.1 Å². The molecule has 0 saturated carbocycles. The Balaban J connectivity index is 1.90. The fourth-order valence-electron chi connectivity index (χ4n) is 2.67. The molecule has 2 aromatic carbocycles. The van der Waals surface area contributed by atoms with Crippen molar-refractivity contribution >= 4 is 40.7 Å². The van der Waals surface area contributed by atoms with Crippen molar-refractivity contribution in [1.82, 2.24) is 10.2 Å². The van der Waals surface area contributed by atoms with E-state index in [1.165, 1.54) is 0 Å². The molecule has 0 aromatic heterocycles. The van der Waals surface area contributed by atoms with Crippen LogP contribution in [-0.2, 0) is 9.59 Å². The van der Waals surface area contributed by atoms with Crippen LogP contribution >= 0.6 is 23.2 Å². The Bertz CT molecular complexity index is 840. The molecule has 5 nitrogen and oxygen atoms in total. The first-order chi connectivity index (χ1) is 13.2. The van der Waals surface area contributed by atoms with Gasteiger partial charge in [-0.1, -0.05) is 47.0 Å². The summed E-state index contributed by atoms with van der Waals surface area (Å²) in [5, 5.41) is 6.80. The third-order valence-corrected chi connectivity index (χ3v) is 5.12. The molecule has 7 heteroatoms. The highest BCUT2D eigenvalue weighted by molar-refractivity contribution is 6.35. The van der Waals surface area contributed by atoms with Crippen molar-refractivity contribution in [3.05, 3.63) is 63.6 Å². The van der Waals surface area contributed by atoms with Crippen molar-refractivity contribution in [3.63, 3.8) is 0 Å². The Morgan fingerprint density at radius 2 is 1.71 bits per heavy atom. The average Bonchev–Trinajstić information content (AvgIpc) is 2.62. The van der Waals surface area contributed by atoms with E-state index >= 15 is 0 Å². The third kappa shape index (κ3) is 6.23. The lowest BCUT2D eigenvalue weighted by atomic mass is 10.1. The van der Waals surface area contributed by atoms with Gasteiger partial charge in [0.25, 0.3) is 0 Å². The number of rotatable bonds is 7. The number of hydrogen-bond donors (Lipinski definition) is 2. The monoisotopic (exact) mass is 421 g/mol. The smallest absolute Gasteiger partial charge is 0.238 e. The number of nitrogens with zero attached hydrogens (tertiary/aromatic N) is 1. The van der Waals surface area contributed by atoms with E-state index in [1.54, 1.807) is 37.1 Å². The van der Waals surface area contributed by atoms with Gasteiger partial charge >= 0.3 is 0 Å². The Labute approximate surface area is 176 Å². The SMILES string of the molecule is Cc1ccc(NC(=O)CN(C)C(C)C(=O)NC(C)c2ccc(Cl)cc2Cl)cc1. The van der Waals surface area contributed by atoms with Crippen molar-refractivity contribution in [3.8, 4) is 0 Å². The van der Waals surface area contributed by atoms with Crippen molar-refractivity contribution in [2.45, 2.75) is 32.9 Å². The molecule has 0 bridgehead atoms. The zero-order chi connectivity index (χ0) is 20.8. The Morgan fingerprint density at radius 1 is 1.07 bits per heavy atom. The van der Waals surface area contributed by atoms with Gasteiger partial charge in [0, 0.05) is 15.7 Å². The van der Waals surface area contributed by atoms with E-state index in [9.17, 15) is 9.59 Å². The van der Waals surface area contributed by atoms with Gasteiger partial charge in [-0.2, -0.15) is 0 Å². The number of anilines is 1. The first kappa shape index (κ1) is 22.2. The highest BCUT2D eigenvalue weighted by Crippen LogP contribution is 2.26. The number of benzene rings is 2. The Hall–Kier alpha value is -2.08. The molecule has 0 aliphatic rings. The molecule has 2 aromatic rings.